The van der Waals surface area contributed by atoms with Gasteiger partial charge in [-0.3, -0.25) is 4.98 Å². The highest BCUT2D eigenvalue weighted by molar-refractivity contribution is 6.31. The molecule has 3 heterocycles. The van der Waals surface area contributed by atoms with Crippen molar-refractivity contribution in [2.75, 3.05) is 18.0 Å². The van der Waals surface area contributed by atoms with E-state index in [1.165, 1.54) is 5.56 Å². The maximum absolute atomic E-state index is 6.07. The predicted molar refractivity (Wildman–Crippen MR) is 108 cm³/mol. The lowest BCUT2D eigenvalue weighted by Gasteiger charge is -2.39. The largest absolute Gasteiger partial charge is 0.353 e. The first-order valence-electron chi connectivity index (χ1n) is 8.96. The molecule has 0 aliphatic carbocycles. The van der Waals surface area contributed by atoms with E-state index >= 15 is 0 Å². The molecule has 2 aromatic heterocycles. The zero-order valence-electron chi connectivity index (χ0n) is 14.9. The molecule has 5 rings (SSSR count). The van der Waals surface area contributed by atoms with Crippen LogP contribution in [0.25, 0.3) is 22.3 Å². The Labute approximate surface area is 162 Å². The molecule has 1 fully saturated rings. The van der Waals surface area contributed by atoms with E-state index in [0.29, 0.717) is 10.9 Å². The Kier molecular flexibility index (Phi) is 3.83. The second-order valence-electron chi connectivity index (χ2n) is 6.93. The number of nitrogens with zero attached hydrogens (tertiary/aromatic N) is 4. The second-order valence-corrected chi connectivity index (χ2v) is 7.37. The van der Waals surface area contributed by atoms with Gasteiger partial charge in [0.05, 0.1) is 17.0 Å². The van der Waals surface area contributed by atoms with Crippen LogP contribution in [0.3, 0.4) is 0 Å². The van der Waals surface area contributed by atoms with Crippen molar-refractivity contribution in [1.29, 1.82) is 0 Å². The zero-order chi connectivity index (χ0) is 18.4. The summed E-state index contributed by atoms with van der Waals surface area (Å²) in [5.41, 5.74) is 5.20. The van der Waals surface area contributed by atoms with Crippen LogP contribution in [0.4, 0.5) is 5.82 Å². The molecule has 1 saturated heterocycles. The van der Waals surface area contributed by atoms with Crippen LogP contribution in [0.1, 0.15) is 17.3 Å². The number of benzene rings is 2. The lowest BCUT2D eigenvalue weighted by Crippen LogP contribution is -2.46. The van der Waals surface area contributed by atoms with E-state index in [1.54, 1.807) is 12.4 Å². The van der Waals surface area contributed by atoms with Crippen LogP contribution in [-0.4, -0.2) is 33.0 Å². The molecule has 1 N–H and O–H groups in total. The summed E-state index contributed by atoms with van der Waals surface area (Å²) in [5.74, 6) is 2.29. The number of anilines is 1. The average Bonchev–Trinajstić information content (AvgIpc) is 3.04. The maximum atomic E-state index is 6.07. The first kappa shape index (κ1) is 16.3. The summed E-state index contributed by atoms with van der Waals surface area (Å²) in [6, 6.07) is 14.0. The lowest BCUT2D eigenvalue weighted by atomic mass is 9.98. The number of aryl methyl sites for hydroxylation is 1. The number of halogens is 1. The molecule has 2 aromatic carbocycles. The molecule has 134 valence electrons. The number of H-pyrrole nitrogens is 1. The topological polar surface area (TPSA) is 57.7 Å². The summed E-state index contributed by atoms with van der Waals surface area (Å²) >= 11 is 6.07. The third-order valence-corrected chi connectivity index (χ3v) is 5.35. The van der Waals surface area contributed by atoms with Crippen LogP contribution < -0.4 is 4.90 Å². The zero-order valence-corrected chi connectivity index (χ0v) is 15.6. The molecule has 6 heteroatoms. The number of imidazole rings is 1. The number of hydrogen-bond acceptors (Lipinski definition) is 4. The molecule has 0 radical (unpaired) electrons. The van der Waals surface area contributed by atoms with Gasteiger partial charge in [-0.15, -0.1) is 0 Å². The van der Waals surface area contributed by atoms with Gasteiger partial charge in [0.15, 0.2) is 5.82 Å². The first-order chi connectivity index (χ1) is 13.2. The Hall–Kier alpha value is -2.92. The summed E-state index contributed by atoms with van der Waals surface area (Å²) in [6.45, 7) is 3.84. The summed E-state index contributed by atoms with van der Waals surface area (Å²) < 4.78 is 0. The fourth-order valence-electron chi connectivity index (χ4n) is 3.61. The monoisotopic (exact) mass is 375 g/mol. The molecule has 5 nitrogen and oxygen atoms in total. The van der Waals surface area contributed by atoms with Crippen molar-refractivity contribution in [2.24, 2.45) is 0 Å². The summed E-state index contributed by atoms with van der Waals surface area (Å²) in [4.78, 5) is 19.6. The minimum Gasteiger partial charge on any atom is -0.353 e. The number of rotatable bonds is 3. The van der Waals surface area contributed by atoms with Crippen molar-refractivity contribution in [2.45, 2.75) is 12.8 Å². The third kappa shape index (κ3) is 2.84. The van der Waals surface area contributed by atoms with E-state index in [0.717, 1.165) is 47.0 Å². The Morgan fingerprint density at radius 3 is 2.74 bits per heavy atom. The Bertz CT molecular complexity index is 1130. The molecule has 0 bridgehead atoms. The lowest BCUT2D eigenvalue weighted by molar-refractivity contribution is 0.501. The summed E-state index contributed by atoms with van der Waals surface area (Å²) in [7, 11) is 0. The van der Waals surface area contributed by atoms with Crippen LogP contribution in [0.5, 0.6) is 0 Å². The Morgan fingerprint density at radius 1 is 1.07 bits per heavy atom. The molecule has 1 aliphatic heterocycles. The molecular weight excluding hydrogens is 358 g/mol. The smallest absolute Gasteiger partial charge is 0.155 e. The van der Waals surface area contributed by atoms with Crippen LogP contribution in [0.15, 0.2) is 54.9 Å². The van der Waals surface area contributed by atoms with Crippen molar-refractivity contribution in [1.82, 2.24) is 19.9 Å². The van der Waals surface area contributed by atoms with Gasteiger partial charge >= 0.3 is 0 Å². The molecular formula is C21H18ClN5. The number of aromatic amines is 1. The van der Waals surface area contributed by atoms with Gasteiger partial charge < -0.3 is 9.88 Å². The molecule has 0 spiro atoms. The standard InChI is InChI=1S/C21H18ClN5/c1-13-4-2-3-5-16(13)19-21(24-9-8-23-19)27-11-14(12-27)20-25-17-7-6-15(22)10-18(17)26-20/h2-10,14H,11-12H2,1H3,(H,25,26). The number of nitrogens with one attached hydrogen (secondary N) is 1. The molecule has 0 saturated carbocycles. The van der Waals surface area contributed by atoms with Gasteiger partial charge in [-0.2, -0.15) is 0 Å². The maximum Gasteiger partial charge on any atom is 0.155 e. The van der Waals surface area contributed by atoms with Gasteiger partial charge in [-0.05, 0) is 30.7 Å². The summed E-state index contributed by atoms with van der Waals surface area (Å²) in [5, 5.41) is 0.707. The van der Waals surface area contributed by atoms with E-state index in [2.05, 4.69) is 38.9 Å². The fraction of sp³-hybridized carbons (Fsp3) is 0.190. The van der Waals surface area contributed by atoms with Crippen molar-refractivity contribution in [3.05, 3.63) is 71.3 Å². The van der Waals surface area contributed by atoms with Crippen molar-refractivity contribution >= 4 is 28.5 Å². The summed E-state index contributed by atoms with van der Waals surface area (Å²) in [6.07, 6.45) is 3.51. The van der Waals surface area contributed by atoms with E-state index in [-0.39, 0.29) is 0 Å². The van der Waals surface area contributed by atoms with E-state index in [9.17, 15) is 0 Å². The van der Waals surface area contributed by atoms with E-state index in [1.807, 2.05) is 30.3 Å². The number of aromatic nitrogens is 4. The van der Waals surface area contributed by atoms with Crippen molar-refractivity contribution < 1.29 is 0 Å². The van der Waals surface area contributed by atoms with Crippen molar-refractivity contribution in [3.63, 3.8) is 0 Å². The van der Waals surface area contributed by atoms with E-state index < -0.39 is 0 Å². The van der Waals surface area contributed by atoms with Crippen LogP contribution in [-0.2, 0) is 0 Å². The van der Waals surface area contributed by atoms with Crippen LogP contribution in [0, 0.1) is 6.92 Å². The van der Waals surface area contributed by atoms with Gasteiger partial charge in [0.25, 0.3) is 0 Å². The van der Waals surface area contributed by atoms with E-state index in [4.69, 9.17) is 16.6 Å². The molecule has 27 heavy (non-hydrogen) atoms. The molecule has 0 atom stereocenters. The van der Waals surface area contributed by atoms with Gasteiger partial charge in [-0.25, -0.2) is 9.97 Å². The molecule has 0 unspecified atom stereocenters. The molecule has 1 aliphatic rings. The highest BCUT2D eigenvalue weighted by Crippen LogP contribution is 2.36. The average molecular weight is 376 g/mol. The van der Waals surface area contributed by atoms with Crippen molar-refractivity contribution in [3.8, 4) is 11.3 Å². The molecule has 0 amide bonds. The van der Waals surface area contributed by atoms with Gasteiger partial charge in [0.1, 0.15) is 11.5 Å². The van der Waals surface area contributed by atoms with Crippen LogP contribution in [0.2, 0.25) is 5.02 Å². The Balaban J connectivity index is 1.41. The van der Waals surface area contributed by atoms with Gasteiger partial charge in [0, 0.05) is 36.1 Å². The molecule has 4 aromatic rings. The second kappa shape index (κ2) is 6.35. The minimum atomic E-state index is 0.350. The first-order valence-corrected chi connectivity index (χ1v) is 9.34. The fourth-order valence-corrected chi connectivity index (χ4v) is 3.77. The SMILES string of the molecule is Cc1ccccc1-c1nccnc1N1CC(c2nc3cc(Cl)ccc3[nH]2)C1. The van der Waals surface area contributed by atoms with Gasteiger partial charge in [0.2, 0.25) is 0 Å². The third-order valence-electron chi connectivity index (χ3n) is 5.11. The van der Waals surface area contributed by atoms with Gasteiger partial charge in [-0.1, -0.05) is 35.9 Å². The number of fused-ring (bicyclic) bond motifs is 1. The quantitative estimate of drug-likeness (QED) is 0.569. The minimum absolute atomic E-state index is 0.350. The highest BCUT2D eigenvalue weighted by Gasteiger charge is 2.33. The Morgan fingerprint density at radius 2 is 1.89 bits per heavy atom. The normalized spacial score (nSPS) is 14.5. The predicted octanol–water partition coefficient (Wildman–Crippen LogP) is 4.59. The highest BCUT2D eigenvalue weighted by atomic mass is 35.5. The van der Waals surface area contributed by atoms with Crippen LogP contribution >= 0.6 is 11.6 Å². The number of hydrogen-bond donors (Lipinski definition) is 1.